The minimum atomic E-state index is -1.64. The number of nitrogens with one attached hydrogen (secondary N) is 3. The van der Waals surface area contributed by atoms with E-state index in [2.05, 4.69) is 41.8 Å². The van der Waals surface area contributed by atoms with Crippen LogP contribution in [-0.2, 0) is 29.8 Å². The Labute approximate surface area is 250 Å². The second-order valence-corrected chi connectivity index (χ2v) is 12.8. The summed E-state index contributed by atoms with van der Waals surface area (Å²) < 4.78 is 34.4. The number of rotatable bonds is 12. The molecule has 0 saturated carbocycles. The van der Waals surface area contributed by atoms with Gasteiger partial charge in [-0.15, -0.1) is 4.83 Å². The van der Waals surface area contributed by atoms with Crippen molar-refractivity contribution in [1.82, 2.24) is 19.9 Å². The molecule has 2 aliphatic heterocycles. The first kappa shape index (κ1) is 33.3. The van der Waals surface area contributed by atoms with E-state index in [1.807, 2.05) is 0 Å². The van der Waals surface area contributed by atoms with Crippen LogP contribution >= 0.6 is 20.1 Å². The Morgan fingerprint density at radius 2 is 2.00 bits per heavy atom. The second-order valence-electron chi connectivity index (χ2n) is 10.1. The maximum atomic E-state index is 11.6. The van der Waals surface area contributed by atoms with E-state index in [4.69, 9.17) is 25.4 Å². The van der Waals surface area contributed by atoms with Gasteiger partial charge in [-0.05, 0) is 44.5 Å². The van der Waals surface area contributed by atoms with Gasteiger partial charge >= 0.3 is 8.53 Å². The summed E-state index contributed by atoms with van der Waals surface area (Å²) in [5, 5.41) is 8.69. The highest BCUT2D eigenvalue weighted by Gasteiger charge is 2.41. The molecule has 1 saturated heterocycles. The lowest BCUT2D eigenvalue weighted by atomic mass is 10.1. The van der Waals surface area contributed by atoms with Crippen molar-refractivity contribution in [1.29, 1.82) is 0 Å². The van der Waals surface area contributed by atoms with E-state index in [0.717, 1.165) is 18.4 Å². The molecule has 41 heavy (non-hydrogen) atoms. The van der Waals surface area contributed by atoms with E-state index in [1.54, 1.807) is 70.6 Å². The van der Waals surface area contributed by atoms with Crippen LogP contribution in [0.1, 0.15) is 27.2 Å². The van der Waals surface area contributed by atoms with Gasteiger partial charge in [0.2, 0.25) is 0 Å². The van der Waals surface area contributed by atoms with Crippen LogP contribution < -0.4 is 29.7 Å². The number of aromatic nitrogens is 2. The Bertz CT molecular complexity index is 1170. The van der Waals surface area contributed by atoms with Crippen molar-refractivity contribution in [2.24, 2.45) is 5.92 Å². The number of halogens is 1. The Morgan fingerprint density at radius 1 is 1.32 bits per heavy atom. The molecule has 2 aliphatic rings. The number of fused-ring (bicyclic) bond motifs is 1. The zero-order chi connectivity index (χ0) is 30.2. The van der Waals surface area contributed by atoms with Gasteiger partial charge in [-0.25, -0.2) is 19.3 Å². The first-order chi connectivity index (χ1) is 19.5. The predicted octanol–water partition coefficient (Wildman–Crippen LogP) is 3.46. The van der Waals surface area contributed by atoms with Crippen molar-refractivity contribution in [3.05, 3.63) is 35.6 Å². The number of hydrazine groups is 1. The van der Waals surface area contributed by atoms with Crippen LogP contribution in [0.2, 0.25) is 5.02 Å². The third-order valence-corrected chi connectivity index (χ3v) is 8.20. The smallest absolute Gasteiger partial charge is 0.319 e. The molecule has 16 heteroatoms. The molecule has 0 spiro atoms. The summed E-state index contributed by atoms with van der Waals surface area (Å²) in [5.74, 6) is 2.07. The fourth-order valence-electron chi connectivity index (χ4n) is 4.17. The standard InChI is InChI=1S/C23H33ClN7O5PS.C2H6O/c1-15-10-18(11-34-37(28-23(2,3)12-32)36-17-8-6-16(24)7-9-17)35-22(15)31-14-27-19-20(25-13-26-21(19)31)30(4)29-38(5)33;1-3-2/h6-9,12-13,15,18,22,27-29H,10-11,14H2,1-5H3;1-2H3. The fraction of sp³-hybridized carbons (Fsp3) is 0.560. The molecule has 0 amide bonds. The Balaban J connectivity index is 0.00000147. The summed E-state index contributed by atoms with van der Waals surface area (Å²) in [5.41, 5.74) is -0.0946. The zero-order valence-electron chi connectivity index (χ0n) is 24.3. The number of ether oxygens (including phenoxy) is 2. The van der Waals surface area contributed by atoms with Crippen molar-refractivity contribution in [2.75, 3.05) is 56.0 Å². The largest absolute Gasteiger partial charge is 0.436 e. The minimum absolute atomic E-state index is 0.188. The number of carbonyl (C=O) groups excluding carboxylic acids is 1. The number of methoxy groups -OCH3 is 1. The van der Waals surface area contributed by atoms with E-state index in [-0.39, 0.29) is 24.9 Å². The Hall–Kier alpha value is -2.16. The summed E-state index contributed by atoms with van der Waals surface area (Å²) in [4.78, 5) is 25.2. The van der Waals surface area contributed by atoms with E-state index in [0.29, 0.717) is 29.1 Å². The van der Waals surface area contributed by atoms with Gasteiger partial charge in [0, 0.05) is 38.5 Å². The lowest BCUT2D eigenvalue weighted by molar-refractivity contribution is -0.111. The minimum Gasteiger partial charge on any atom is -0.436 e. The SMILES string of the molecule is CC1CC(COP(NC(C)(C)C=O)Oc2ccc(Cl)cc2)OC1N1CNc2c(N(C)NS(C)=O)ncnc21.COC. The molecular weight excluding hydrogens is 593 g/mol. The maximum absolute atomic E-state index is 11.6. The number of aldehydes is 1. The molecule has 4 rings (SSSR count). The van der Waals surface area contributed by atoms with Crippen molar-refractivity contribution >= 4 is 54.7 Å². The van der Waals surface area contributed by atoms with Gasteiger partial charge in [-0.3, -0.25) is 5.01 Å². The number of hydrogen-bond donors (Lipinski definition) is 3. The summed E-state index contributed by atoms with van der Waals surface area (Å²) in [7, 11) is 2.11. The zero-order valence-corrected chi connectivity index (χ0v) is 26.8. The normalized spacial score (nSPS) is 21.3. The molecule has 3 N–H and O–H groups in total. The third-order valence-electron chi connectivity index (χ3n) is 5.90. The number of carbonyl (C=O) groups is 1. The Morgan fingerprint density at radius 3 is 2.63 bits per heavy atom. The van der Waals surface area contributed by atoms with Crippen molar-refractivity contribution in [3.8, 4) is 5.75 Å². The lowest BCUT2D eigenvalue weighted by Crippen LogP contribution is -2.39. The van der Waals surface area contributed by atoms with Crippen LogP contribution in [0, 0.1) is 5.92 Å². The molecule has 1 fully saturated rings. The third kappa shape index (κ3) is 9.42. The molecule has 1 aromatic heterocycles. The molecule has 0 bridgehead atoms. The van der Waals surface area contributed by atoms with Gasteiger partial charge in [0.1, 0.15) is 41.3 Å². The van der Waals surface area contributed by atoms with Gasteiger partial charge < -0.3 is 33.5 Å². The van der Waals surface area contributed by atoms with Crippen molar-refractivity contribution in [3.63, 3.8) is 0 Å². The lowest BCUT2D eigenvalue weighted by Gasteiger charge is -2.28. The van der Waals surface area contributed by atoms with Crippen LogP contribution in [0.3, 0.4) is 0 Å². The predicted molar refractivity (Wildman–Crippen MR) is 162 cm³/mol. The molecule has 0 radical (unpaired) electrons. The summed E-state index contributed by atoms with van der Waals surface area (Å²) in [6, 6.07) is 6.96. The number of nitrogens with zero attached hydrogens (tertiary/aromatic N) is 4. The molecule has 1 aromatic carbocycles. The van der Waals surface area contributed by atoms with Crippen LogP contribution in [0.5, 0.6) is 5.75 Å². The van der Waals surface area contributed by atoms with Crippen LogP contribution in [0.15, 0.2) is 30.6 Å². The summed E-state index contributed by atoms with van der Waals surface area (Å²) in [6.45, 7) is 6.41. The van der Waals surface area contributed by atoms with Gasteiger partial charge in [-0.2, -0.15) is 0 Å². The summed E-state index contributed by atoms with van der Waals surface area (Å²) in [6.07, 6.45) is 4.20. The molecule has 5 atom stereocenters. The quantitative estimate of drug-likeness (QED) is 0.180. The Kier molecular flexibility index (Phi) is 12.5. The first-order valence-electron chi connectivity index (χ1n) is 12.8. The number of hydrogen-bond acceptors (Lipinski definition) is 12. The number of benzene rings is 1. The first-order valence-corrected chi connectivity index (χ1v) is 15.9. The van der Waals surface area contributed by atoms with Crippen LogP contribution in [-0.4, -0.2) is 79.1 Å². The average molecular weight is 632 g/mol. The highest BCUT2D eigenvalue weighted by Crippen LogP contribution is 2.42. The molecule has 5 unspecified atom stereocenters. The highest BCUT2D eigenvalue weighted by molar-refractivity contribution is 7.82. The van der Waals surface area contributed by atoms with E-state index in [1.165, 1.54) is 6.33 Å². The van der Waals surface area contributed by atoms with E-state index in [9.17, 15) is 9.00 Å². The number of anilines is 3. The van der Waals surface area contributed by atoms with Gasteiger partial charge in [-0.1, -0.05) is 18.5 Å². The van der Waals surface area contributed by atoms with Gasteiger partial charge in [0.15, 0.2) is 11.6 Å². The van der Waals surface area contributed by atoms with Gasteiger partial charge in [0.05, 0.1) is 24.9 Å². The molecule has 2 aromatic rings. The van der Waals surface area contributed by atoms with Crippen molar-refractivity contribution < 1.29 is 27.5 Å². The molecule has 3 heterocycles. The fourth-order valence-corrected chi connectivity index (χ4v) is 6.07. The molecular formula is C25H39ClN7O6PS. The summed E-state index contributed by atoms with van der Waals surface area (Å²) >= 11 is 5.99. The van der Waals surface area contributed by atoms with Crippen LogP contribution in [0.25, 0.3) is 0 Å². The highest BCUT2D eigenvalue weighted by atomic mass is 35.5. The monoisotopic (exact) mass is 631 g/mol. The van der Waals surface area contributed by atoms with E-state index < -0.39 is 25.1 Å². The van der Waals surface area contributed by atoms with Crippen molar-refractivity contribution in [2.45, 2.75) is 45.1 Å². The molecule has 228 valence electrons. The topological polar surface area (TPSA) is 139 Å². The average Bonchev–Trinajstić information content (AvgIpc) is 3.51. The molecule has 13 nitrogen and oxygen atoms in total. The second kappa shape index (κ2) is 15.4. The molecule has 0 aliphatic carbocycles. The van der Waals surface area contributed by atoms with Crippen LogP contribution in [0.4, 0.5) is 17.3 Å². The maximum Gasteiger partial charge on any atom is 0.319 e. The van der Waals surface area contributed by atoms with Gasteiger partial charge in [0.25, 0.3) is 0 Å². The van der Waals surface area contributed by atoms with E-state index >= 15 is 0 Å².